The third-order valence-electron chi connectivity index (χ3n) is 6.45. The molecule has 4 rings (SSSR count). The van der Waals surface area contributed by atoms with Gasteiger partial charge in [0.25, 0.3) is 11.7 Å². The number of ether oxygens (including phenoxy) is 3. The van der Waals surface area contributed by atoms with Crippen molar-refractivity contribution in [1.82, 2.24) is 9.80 Å². The summed E-state index contributed by atoms with van der Waals surface area (Å²) < 4.78 is 17.0. The van der Waals surface area contributed by atoms with Crippen LogP contribution in [0.4, 0.5) is 0 Å². The second-order valence-electron chi connectivity index (χ2n) is 9.56. The average Bonchev–Trinajstić information content (AvgIpc) is 3.16. The zero-order valence-electron chi connectivity index (χ0n) is 21.8. The van der Waals surface area contributed by atoms with E-state index >= 15 is 0 Å². The van der Waals surface area contributed by atoms with Crippen LogP contribution >= 0.6 is 0 Å². The lowest BCUT2D eigenvalue weighted by Gasteiger charge is -2.31. The van der Waals surface area contributed by atoms with Gasteiger partial charge in [0.15, 0.2) is 0 Å². The van der Waals surface area contributed by atoms with Gasteiger partial charge in [-0.25, -0.2) is 0 Å². The first-order valence-electron chi connectivity index (χ1n) is 13.0. The van der Waals surface area contributed by atoms with E-state index in [0.29, 0.717) is 50.0 Å². The highest BCUT2D eigenvalue weighted by atomic mass is 16.5. The molecule has 0 unspecified atom stereocenters. The Labute approximate surface area is 218 Å². The van der Waals surface area contributed by atoms with E-state index in [9.17, 15) is 14.7 Å². The Morgan fingerprint density at radius 1 is 1.05 bits per heavy atom. The molecule has 198 valence electrons. The van der Waals surface area contributed by atoms with Gasteiger partial charge in [0.1, 0.15) is 17.3 Å². The summed E-state index contributed by atoms with van der Waals surface area (Å²) in [5.41, 5.74) is 1.25. The van der Waals surface area contributed by atoms with E-state index in [0.717, 1.165) is 25.1 Å². The molecule has 1 atom stereocenters. The minimum absolute atomic E-state index is 0.0124. The van der Waals surface area contributed by atoms with Crippen molar-refractivity contribution < 1.29 is 28.9 Å². The number of hydrogen-bond acceptors (Lipinski definition) is 7. The van der Waals surface area contributed by atoms with Crippen LogP contribution in [0.15, 0.2) is 54.1 Å². The van der Waals surface area contributed by atoms with E-state index in [4.69, 9.17) is 14.2 Å². The normalized spacial score (nSPS) is 20.0. The second kappa shape index (κ2) is 12.3. The van der Waals surface area contributed by atoms with Gasteiger partial charge in [0.2, 0.25) is 0 Å². The summed E-state index contributed by atoms with van der Waals surface area (Å²) >= 11 is 0. The molecule has 0 aliphatic carbocycles. The SMILES string of the molecule is CCCOc1cccc([C@@H]2/C(=C(\O)c3ccc(OC(C)C)cc3)C(=O)C(=O)N2CCN2CCOCC2)c1. The Kier molecular flexibility index (Phi) is 8.84. The Morgan fingerprint density at radius 2 is 1.78 bits per heavy atom. The maximum Gasteiger partial charge on any atom is 0.295 e. The molecule has 2 fully saturated rings. The van der Waals surface area contributed by atoms with Crippen LogP contribution in [0.25, 0.3) is 5.76 Å². The molecule has 2 heterocycles. The van der Waals surface area contributed by atoms with Gasteiger partial charge in [-0.1, -0.05) is 19.1 Å². The van der Waals surface area contributed by atoms with E-state index in [2.05, 4.69) is 4.90 Å². The minimum Gasteiger partial charge on any atom is -0.507 e. The van der Waals surface area contributed by atoms with E-state index in [1.165, 1.54) is 0 Å². The second-order valence-corrected chi connectivity index (χ2v) is 9.56. The van der Waals surface area contributed by atoms with E-state index in [1.54, 1.807) is 29.2 Å². The van der Waals surface area contributed by atoms with Crippen LogP contribution in [0.5, 0.6) is 11.5 Å². The maximum absolute atomic E-state index is 13.3. The molecule has 8 heteroatoms. The number of aliphatic hydroxyl groups is 1. The lowest BCUT2D eigenvalue weighted by molar-refractivity contribution is -0.140. The predicted octanol–water partition coefficient (Wildman–Crippen LogP) is 4.02. The third kappa shape index (κ3) is 6.32. The molecule has 0 spiro atoms. The molecule has 0 radical (unpaired) electrons. The van der Waals surface area contributed by atoms with Crippen LogP contribution in [0.3, 0.4) is 0 Å². The molecule has 37 heavy (non-hydrogen) atoms. The molecule has 2 aromatic carbocycles. The highest BCUT2D eigenvalue weighted by Gasteiger charge is 2.46. The number of benzene rings is 2. The van der Waals surface area contributed by atoms with Crippen molar-refractivity contribution in [3.63, 3.8) is 0 Å². The highest BCUT2D eigenvalue weighted by Crippen LogP contribution is 2.40. The van der Waals surface area contributed by atoms with Crippen LogP contribution in [-0.2, 0) is 14.3 Å². The Balaban J connectivity index is 1.71. The van der Waals surface area contributed by atoms with Crippen molar-refractivity contribution in [3.05, 3.63) is 65.2 Å². The molecule has 0 bridgehead atoms. The fraction of sp³-hybridized carbons (Fsp3) is 0.448. The van der Waals surface area contributed by atoms with E-state index < -0.39 is 17.7 Å². The third-order valence-corrected chi connectivity index (χ3v) is 6.45. The van der Waals surface area contributed by atoms with Crippen LogP contribution in [-0.4, -0.2) is 78.7 Å². The number of nitrogens with zero attached hydrogens (tertiary/aromatic N) is 2. The minimum atomic E-state index is -0.724. The van der Waals surface area contributed by atoms with Gasteiger partial charge in [-0.2, -0.15) is 0 Å². The van der Waals surface area contributed by atoms with Crippen molar-refractivity contribution >= 4 is 17.4 Å². The lowest BCUT2D eigenvalue weighted by Crippen LogP contribution is -2.42. The number of carbonyl (C=O) groups is 2. The largest absolute Gasteiger partial charge is 0.507 e. The number of ketones is 1. The fourth-order valence-corrected chi connectivity index (χ4v) is 4.64. The lowest BCUT2D eigenvalue weighted by atomic mass is 9.95. The first-order valence-corrected chi connectivity index (χ1v) is 13.0. The number of morpholine rings is 1. The first-order chi connectivity index (χ1) is 17.9. The summed E-state index contributed by atoms with van der Waals surface area (Å²) in [4.78, 5) is 30.4. The molecule has 2 aliphatic rings. The predicted molar refractivity (Wildman–Crippen MR) is 141 cm³/mol. The van der Waals surface area contributed by atoms with Crippen LogP contribution < -0.4 is 9.47 Å². The summed E-state index contributed by atoms with van der Waals surface area (Å²) in [6, 6.07) is 13.6. The molecule has 2 aliphatic heterocycles. The number of hydrogen-bond donors (Lipinski definition) is 1. The monoisotopic (exact) mass is 508 g/mol. The van der Waals surface area contributed by atoms with Gasteiger partial charge in [-0.05, 0) is 62.2 Å². The Hall–Kier alpha value is -3.36. The van der Waals surface area contributed by atoms with Crippen molar-refractivity contribution in [2.45, 2.75) is 39.3 Å². The van der Waals surface area contributed by atoms with E-state index in [1.807, 2.05) is 45.0 Å². The number of amides is 1. The van der Waals surface area contributed by atoms with Crippen LogP contribution in [0.1, 0.15) is 44.4 Å². The zero-order chi connectivity index (χ0) is 26.4. The number of aliphatic hydroxyl groups excluding tert-OH is 1. The average molecular weight is 509 g/mol. The van der Waals surface area contributed by atoms with Gasteiger partial charge >= 0.3 is 0 Å². The van der Waals surface area contributed by atoms with Crippen molar-refractivity contribution in [1.29, 1.82) is 0 Å². The van der Waals surface area contributed by atoms with Gasteiger partial charge in [-0.15, -0.1) is 0 Å². The fourth-order valence-electron chi connectivity index (χ4n) is 4.64. The van der Waals surface area contributed by atoms with Gasteiger partial charge in [0.05, 0.1) is 37.5 Å². The molecule has 8 nitrogen and oxygen atoms in total. The standard InChI is InChI=1S/C29H36N2O6/c1-4-16-36-24-7-5-6-22(19-24)26-25(27(32)21-8-10-23(11-9-21)37-20(2)3)28(33)29(34)31(26)13-12-30-14-17-35-18-15-30/h5-11,19-20,26,32H,4,12-18H2,1-3H3/b27-25+/t26-/m1/s1. The molecule has 0 saturated carbocycles. The molecule has 1 amide bonds. The maximum atomic E-state index is 13.3. The molecule has 2 aromatic rings. The van der Waals surface area contributed by atoms with Gasteiger partial charge in [0, 0.05) is 31.7 Å². The molecule has 2 saturated heterocycles. The first kappa shape index (κ1) is 26.7. The van der Waals surface area contributed by atoms with Crippen molar-refractivity contribution in [2.24, 2.45) is 0 Å². The molecule has 1 N–H and O–H groups in total. The molecular weight excluding hydrogens is 472 g/mol. The molecule has 0 aromatic heterocycles. The van der Waals surface area contributed by atoms with Crippen LogP contribution in [0, 0.1) is 0 Å². The number of carbonyl (C=O) groups excluding carboxylic acids is 2. The summed E-state index contributed by atoms with van der Waals surface area (Å²) in [6.07, 6.45) is 0.872. The summed E-state index contributed by atoms with van der Waals surface area (Å²) in [6.45, 7) is 10.3. The quantitative estimate of drug-likeness (QED) is 0.295. The van der Waals surface area contributed by atoms with Crippen LogP contribution in [0.2, 0.25) is 0 Å². The Morgan fingerprint density at radius 3 is 2.46 bits per heavy atom. The highest BCUT2D eigenvalue weighted by molar-refractivity contribution is 6.46. The van der Waals surface area contributed by atoms with Gasteiger partial charge in [-0.3, -0.25) is 14.5 Å². The number of Topliss-reactive ketones (excluding diaryl/α,β-unsaturated/α-hetero) is 1. The zero-order valence-corrected chi connectivity index (χ0v) is 21.8. The van der Waals surface area contributed by atoms with Gasteiger partial charge < -0.3 is 24.2 Å². The van der Waals surface area contributed by atoms with Crippen molar-refractivity contribution in [2.75, 3.05) is 46.0 Å². The summed E-state index contributed by atoms with van der Waals surface area (Å²) in [5.74, 6) is -0.178. The number of rotatable bonds is 10. The molecular formula is C29H36N2O6. The number of likely N-dealkylation sites (tertiary alicyclic amines) is 1. The summed E-state index contributed by atoms with van der Waals surface area (Å²) in [7, 11) is 0. The van der Waals surface area contributed by atoms with E-state index in [-0.39, 0.29) is 17.4 Å². The Bertz CT molecular complexity index is 1120. The topological polar surface area (TPSA) is 88.5 Å². The smallest absolute Gasteiger partial charge is 0.295 e. The van der Waals surface area contributed by atoms with Crippen molar-refractivity contribution in [3.8, 4) is 11.5 Å². The summed E-state index contributed by atoms with van der Waals surface area (Å²) in [5, 5.41) is 11.3.